The molecule has 2 fully saturated rings. The lowest BCUT2D eigenvalue weighted by Crippen LogP contribution is -2.58. The van der Waals surface area contributed by atoms with Crippen LogP contribution in [0.3, 0.4) is 0 Å². The fraction of sp³-hybridized carbons (Fsp3) is 1.00. The average molecular weight is 202 g/mol. The molecule has 0 radical (unpaired) electrons. The highest BCUT2D eigenvalue weighted by Crippen LogP contribution is 2.26. The van der Waals surface area contributed by atoms with Gasteiger partial charge in [-0.1, -0.05) is 0 Å². The summed E-state index contributed by atoms with van der Waals surface area (Å²) in [6.45, 7) is 3.41. The molecule has 2 N–H and O–H groups in total. The van der Waals surface area contributed by atoms with Crippen molar-refractivity contribution in [2.75, 3.05) is 33.7 Å². The molecule has 2 aliphatic rings. The van der Waals surface area contributed by atoms with Crippen molar-refractivity contribution in [1.29, 1.82) is 0 Å². The minimum atomic E-state index is 0.313. The van der Waals surface area contributed by atoms with Crippen LogP contribution in [0.1, 0.15) is 12.8 Å². The Kier molecular flexibility index (Phi) is 2.80. The maximum Gasteiger partial charge on any atom is 0.0570 e. The Balaban J connectivity index is 1.98. The molecule has 1 atom stereocenters. The summed E-state index contributed by atoms with van der Waals surface area (Å²) in [6, 6.07) is 0. The minimum Gasteiger partial charge on any atom is -0.249 e. The van der Waals surface area contributed by atoms with Gasteiger partial charge in [0.05, 0.1) is 5.54 Å². The number of hydrazine groups is 1. The zero-order valence-corrected chi connectivity index (χ0v) is 9.15. The molecule has 5 heteroatoms. The van der Waals surface area contributed by atoms with Gasteiger partial charge in [0.15, 0.2) is 0 Å². The molecular weight excluding hydrogens is 184 g/mol. The summed E-state index contributed by atoms with van der Waals surface area (Å²) in [6.07, 6.45) is 2.57. The second-order valence-electron chi connectivity index (χ2n) is 4.14. The third-order valence-electron chi connectivity index (χ3n) is 2.87. The third-order valence-corrected chi connectivity index (χ3v) is 3.70. The van der Waals surface area contributed by atoms with Gasteiger partial charge in [0.25, 0.3) is 0 Å². The summed E-state index contributed by atoms with van der Waals surface area (Å²) >= 11 is 1.65. The van der Waals surface area contributed by atoms with Crippen molar-refractivity contribution >= 4 is 12.1 Å². The summed E-state index contributed by atoms with van der Waals surface area (Å²) in [7, 11) is 4.24. The molecule has 1 unspecified atom stereocenters. The first-order valence-electron chi connectivity index (χ1n) is 4.80. The zero-order chi connectivity index (χ0) is 9.31. The van der Waals surface area contributed by atoms with E-state index in [1.54, 1.807) is 12.1 Å². The second kappa shape index (κ2) is 3.74. The van der Waals surface area contributed by atoms with Crippen molar-refractivity contribution < 1.29 is 0 Å². The van der Waals surface area contributed by atoms with Gasteiger partial charge in [0, 0.05) is 45.9 Å². The molecule has 4 nitrogen and oxygen atoms in total. The van der Waals surface area contributed by atoms with Crippen LogP contribution in [0, 0.1) is 0 Å². The topological polar surface area (TPSA) is 30.5 Å². The van der Waals surface area contributed by atoms with Gasteiger partial charge in [-0.25, -0.2) is 19.5 Å². The van der Waals surface area contributed by atoms with Crippen LogP contribution in [-0.2, 0) is 0 Å². The van der Waals surface area contributed by atoms with Gasteiger partial charge >= 0.3 is 0 Å². The molecule has 76 valence electrons. The number of nitrogens with one attached hydrogen (secondary N) is 2. The zero-order valence-electron chi connectivity index (χ0n) is 8.34. The van der Waals surface area contributed by atoms with E-state index in [-0.39, 0.29) is 0 Å². The lowest BCUT2D eigenvalue weighted by atomic mass is 9.91. The number of hydrogen-bond acceptors (Lipinski definition) is 5. The Labute approximate surface area is 84.3 Å². The quantitative estimate of drug-likeness (QED) is 0.587. The highest BCUT2D eigenvalue weighted by molar-refractivity contribution is 7.95. The van der Waals surface area contributed by atoms with Crippen LogP contribution in [0.4, 0.5) is 0 Å². The van der Waals surface area contributed by atoms with Gasteiger partial charge in [0.2, 0.25) is 0 Å². The van der Waals surface area contributed by atoms with E-state index in [1.807, 2.05) is 0 Å². The van der Waals surface area contributed by atoms with Crippen LogP contribution in [0.25, 0.3) is 0 Å². The van der Waals surface area contributed by atoms with Crippen molar-refractivity contribution in [3.05, 3.63) is 0 Å². The molecule has 2 rings (SSSR count). The normalized spacial score (nSPS) is 36.2. The second-order valence-corrected chi connectivity index (χ2v) is 4.84. The summed E-state index contributed by atoms with van der Waals surface area (Å²) in [4.78, 5) is 0. The highest BCUT2D eigenvalue weighted by atomic mass is 32.2. The molecule has 1 spiro atoms. The molecular formula is C8H18N4S. The SMILES string of the molecule is CN(C)N1CCCC2(CNSN2)C1. The summed E-state index contributed by atoms with van der Waals surface area (Å²) in [5, 5.41) is 4.61. The van der Waals surface area contributed by atoms with Crippen molar-refractivity contribution in [2.45, 2.75) is 18.4 Å². The molecule has 0 bridgehead atoms. The van der Waals surface area contributed by atoms with Gasteiger partial charge in [-0.3, -0.25) is 0 Å². The van der Waals surface area contributed by atoms with E-state index in [4.69, 9.17) is 0 Å². The average Bonchev–Trinajstić information content (AvgIpc) is 2.53. The van der Waals surface area contributed by atoms with E-state index in [0.717, 1.165) is 13.1 Å². The first-order valence-corrected chi connectivity index (χ1v) is 5.62. The molecule has 0 amide bonds. The molecule has 2 heterocycles. The van der Waals surface area contributed by atoms with E-state index < -0.39 is 0 Å². The van der Waals surface area contributed by atoms with Crippen LogP contribution in [0.15, 0.2) is 0 Å². The molecule has 0 aliphatic carbocycles. The fourth-order valence-electron chi connectivity index (χ4n) is 2.03. The fourth-order valence-corrected chi connectivity index (χ4v) is 2.91. The Morgan fingerprint density at radius 1 is 1.46 bits per heavy atom. The van der Waals surface area contributed by atoms with E-state index >= 15 is 0 Å². The smallest absolute Gasteiger partial charge is 0.0570 e. The number of rotatable bonds is 1. The monoisotopic (exact) mass is 202 g/mol. The Hall–Kier alpha value is 0.190. The first-order chi connectivity index (χ1) is 6.22. The van der Waals surface area contributed by atoms with Crippen LogP contribution < -0.4 is 9.44 Å². The van der Waals surface area contributed by atoms with Crippen molar-refractivity contribution in [1.82, 2.24) is 19.5 Å². The standard InChI is InChI=1S/C8H18N4S/c1-11(2)12-5-3-4-8(7-12)6-9-13-10-8/h9-10H,3-7H2,1-2H3. The van der Waals surface area contributed by atoms with Gasteiger partial charge in [-0.05, 0) is 12.8 Å². The van der Waals surface area contributed by atoms with Gasteiger partial charge in [-0.15, -0.1) is 0 Å². The maximum absolute atomic E-state index is 3.49. The predicted octanol–water partition coefficient (Wildman–Crippen LogP) is 0.0536. The third kappa shape index (κ3) is 1.99. The molecule has 2 saturated heterocycles. The van der Waals surface area contributed by atoms with Crippen molar-refractivity contribution in [2.24, 2.45) is 0 Å². The number of nitrogens with zero attached hydrogens (tertiary/aromatic N) is 2. The van der Waals surface area contributed by atoms with Crippen molar-refractivity contribution in [3.63, 3.8) is 0 Å². The first kappa shape index (κ1) is 9.73. The lowest BCUT2D eigenvalue weighted by molar-refractivity contribution is -0.0217. The van der Waals surface area contributed by atoms with Crippen LogP contribution in [-0.4, -0.2) is 49.3 Å². The summed E-state index contributed by atoms with van der Waals surface area (Å²) < 4.78 is 6.80. The largest absolute Gasteiger partial charge is 0.249 e. The number of piperidine rings is 1. The van der Waals surface area contributed by atoms with E-state index in [9.17, 15) is 0 Å². The van der Waals surface area contributed by atoms with Crippen LogP contribution in [0.2, 0.25) is 0 Å². The summed E-state index contributed by atoms with van der Waals surface area (Å²) in [5.74, 6) is 0. The van der Waals surface area contributed by atoms with Crippen LogP contribution >= 0.6 is 12.1 Å². The van der Waals surface area contributed by atoms with E-state index in [1.165, 1.54) is 19.4 Å². The molecule has 0 aromatic rings. The van der Waals surface area contributed by atoms with Gasteiger partial charge < -0.3 is 0 Å². The van der Waals surface area contributed by atoms with E-state index in [2.05, 4.69) is 33.6 Å². The maximum atomic E-state index is 3.49. The molecule has 0 aromatic carbocycles. The predicted molar refractivity (Wildman–Crippen MR) is 56.0 cm³/mol. The highest BCUT2D eigenvalue weighted by Gasteiger charge is 2.38. The van der Waals surface area contributed by atoms with Gasteiger partial charge in [-0.2, -0.15) is 0 Å². The lowest BCUT2D eigenvalue weighted by Gasteiger charge is -2.42. The Morgan fingerprint density at radius 3 is 2.92 bits per heavy atom. The number of hydrogen-bond donors (Lipinski definition) is 2. The Bertz CT molecular complexity index is 179. The summed E-state index contributed by atoms with van der Waals surface area (Å²) in [5.41, 5.74) is 0.313. The Morgan fingerprint density at radius 2 is 2.31 bits per heavy atom. The van der Waals surface area contributed by atoms with Gasteiger partial charge in [0.1, 0.15) is 0 Å². The molecule has 13 heavy (non-hydrogen) atoms. The molecule has 0 saturated carbocycles. The van der Waals surface area contributed by atoms with E-state index in [0.29, 0.717) is 5.54 Å². The van der Waals surface area contributed by atoms with Crippen molar-refractivity contribution in [3.8, 4) is 0 Å². The molecule has 2 aliphatic heterocycles. The van der Waals surface area contributed by atoms with Crippen LogP contribution in [0.5, 0.6) is 0 Å². The minimum absolute atomic E-state index is 0.313. The molecule has 0 aromatic heterocycles.